The maximum Gasteiger partial charge on any atom is 0.236 e. The molecule has 1 saturated heterocycles. The number of hydrogen-bond acceptors (Lipinski definition) is 2. The Bertz CT molecular complexity index is 822. The first-order valence-corrected chi connectivity index (χ1v) is 9.96. The van der Waals surface area contributed by atoms with Gasteiger partial charge in [0.15, 0.2) is 0 Å². The minimum Gasteiger partial charge on any atom is -0.341 e. The first-order valence-electron chi connectivity index (χ1n) is 9.96. The number of likely N-dealkylation sites (tertiary alicyclic amines) is 1. The summed E-state index contributed by atoms with van der Waals surface area (Å²) in [6, 6.07) is 12.2. The lowest BCUT2D eigenvalue weighted by atomic mass is 9.88. The van der Waals surface area contributed by atoms with Crippen molar-refractivity contribution in [1.29, 1.82) is 0 Å². The number of carbonyl (C=O) groups is 1. The third-order valence-electron chi connectivity index (χ3n) is 5.43. The second kappa shape index (κ2) is 9.28. The third kappa shape index (κ3) is 5.16. The van der Waals surface area contributed by atoms with Crippen LogP contribution in [-0.4, -0.2) is 30.4 Å². The maximum atomic E-state index is 13.7. The summed E-state index contributed by atoms with van der Waals surface area (Å²) in [5, 5.41) is 2.98. The van der Waals surface area contributed by atoms with Gasteiger partial charge >= 0.3 is 0 Å². The summed E-state index contributed by atoms with van der Waals surface area (Å²) in [6.07, 6.45) is 2.06. The molecule has 0 bridgehead atoms. The van der Waals surface area contributed by atoms with Crippen LogP contribution in [0.2, 0.25) is 0 Å². The first-order chi connectivity index (χ1) is 13.4. The molecule has 0 aromatic heterocycles. The van der Waals surface area contributed by atoms with Crippen molar-refractivity contribution in [2.75, 3.05) is 19.6 Å². The minimum absolute atomic E-state index is 0.0206. The Hall–Kier alpha value is -2.27. The van der Waals surface area contributed by atoms with E-state index in [9.17, 15) is 13.6 Å². The smallest absolute Gasteiger partial charge is 0.236 e. The number of carbonyl (C=O) groups excluding carboxylic acids is 1. The highest BCUT2D eigenvalue weighted by Gasteiger charge is 2.24. The van der Waals surface area contributed by atoms with Gasteiger partial charge in [-0.05, 0) is 36.0 Å². The molecule has 0 radical (unpaired) electrons. The molecule has 0 spiro atoms. The number of nitrogens with zero attached hydrogens (tertiary/aromatic N) is 1. The van der Waals surface area contributed by atoms with Crippen molar-refractivity contribution < 1.29 is 13.6 Å². The predicted octanol–water partition coefficient (Wildman–Crippen LogP) is 4.58. The van der Waals surface area contributed by atoms with Gasteiger partial charge in [-0.15, -0.1) is 0 Å². The van der Waals surface area contributed by atoms with E-state index in [-0.39, 0.29) is 19.0 Å². The Kier molecular flexibility index (Phi) is 6.79. The largest absolute Gasteiger partial charge is 0.341 e. The molecule has 1 atom stereocenters. The average Bonchev–Trinajstić information content (AvgIpc) is 2.69. The molecule has 5 heteroatoms. The van der Waals surface area contributed by atoms with E-state index in [1.54, 1.807) is 0 Å². The molecule has 1 amide bonds. The molecule has 1 heterocycles. The number of nitrogens with one attached hydrogen (secondary N) is 1. The van der Waals surface area contributed by atoms with E-state index in [1.165, 1.54) is 23.3 Å². The Labute approximate surface area is 165 Å². The van der Waals surface area contributed by atoms with Gasteiger partial charge in [0.25, 0.3) is 0 Å². The summed E-state index contributed by atoms with van der Waals surface area (Å²) in [7, 11) is 0. The Morgan fingerprint density at radius 2 is 2.04 bits per heavy atom. The summed E-state index contributed by atoms with van der Waals surface area (Å²) in [6.45, 7) is 6.19. The molecule has 150 valence electrons. The molecule has 28 heavy (non-hydrogen) atoms. The topological polar surface area (TPSA) is 32.3 Å². The van der Waals surface area contributed by atoms with Crippen molar-refractivity contribution in [3.63, 3.8) is 0 Å². The lowest BCUT2D eigenvalue weighted by Gasteiger charge is -2.33. The van der Waals surface area contributed by atoms with Crippen LogP contribution in [0.1, 0.15) is 55.2 Å². The van der Waals surface area contributed by atoms with Crippen molar-refractivity contribution in [2.24, 2.45) is 0 Å². The molecule has 0 saturated carbocycles. The summed E-state index contributed by atoms with van der Waals surface area (Å²) in [5.41, 5.74) is 2.98. The lowest BCUT2D eigenvalue weighted by molar-refractivity contribution is -0.131. The van der Waals surface area contributed by atoms with Gasteiger partial charge < -0.3 is 10.2 Å². The van der Waals surface area contributed by atoms with Gasteiger partial charge in [-0.25, -0.2) is 8.78 Å². The van der Waals surface area contributed by atoms with Gasteiger partial charge in [0.1, 0.15) is 11.6 Å². The molecular formula is C23H28F2N2O. The fraction of sp³-hybridized carbons (Fsp3) is 0.435. The van der Waals surface area contributed by atoms with Crippen LogP contribution in [0.15, 0.2) is 42.5 Å². The number of amides is 1. The van der Waals surface area contributed by atoms with E-state index in [0.29, 0.717) is 23.9 Å². The highest BCUT2D eigenvalue weighted by molar-refractivity contribution is 5.78. The predicted molar refractivity (Wildman–Crippen MR) is 107 cm³/mol. The van der Waals surface area contributed by atoms with Gasteiger partial charge in [0, 0.05) is 37.2 Å². The average molecular weight is 386 g/mol. The fourth-order valence-corrected chi connectivity index (χ4v) is 3.73. The van der Waals surface area contributed by atoms with Crippen LogP contribution < -0.4 is 5.32 Å². The quantitative estimate of drug-likeness (QED) is 0.788. The third-order valence-corrected chi connectivity index (χ3v) is 5.43. The molecule has 3 nitrogen and oxygen atoms in total. The Morgan fingerprint density at radius 3 is 2.79 bits per heavy atom. The van der Waals surface area contributed by atoms with E-state index in [1.807, 2.05) is 4.90 Å². The van der Waals surface area contributed by atoms with Crippen molar-refractivity contribution in [1.82, 2.24) is 10.2 Å². The standard InChI is InChI=1S/C23H28F2N2O/c1-16(2)17-5-3-6-18(11-17)20-7-4-10-27(15-20)23(28)14-26-13-19-8-9-21(24)12-22(19)25/h3,5-6,8-9,11-12,16,20,26H,4,7,10,13-15H2,1-2H3. The van der Waals surface area contributed by atoms with Crippen LogP contribution >= 0.6 is 0 Å². The van der Waals surface area contributed by atoms with E-state index in [4.69, 9.17) is 0 Å². The number of halogens is 2. The summed E-state index contributed by atoms with van der Waals surface area (Å²) < 4.78 is 26.6. The summed E-state index contributed by atoms with van der Waals surface area (Å²) in [4.78, 5) is 14.5. The van der Waals surface area contributed by atoms with Crippen LogP contribution in [0.4, 0.5) is 8.78 Å². The zero-order chi connectivity index (χ0) is 20.1. The van der Waals surface area contributed by atoms with Crippen LogP contribution in [0.5, 0.6) is 0 Å². The molecule has 1 fully saturated rings. The maximum absolute atomic E-state index is 13.7. The van der Waals surface area contributed by atoms with Crippen molar-refractivity contribution in [2.45, 2.75) is 45.1 Å². The SMILES string of the molecule is CC(C)c1cccc(C2CCCN(C(=O)CNCc3ccc(F)cc3F)C2)c1. The highest BCUT2D eigenvalue weighted by atomic mass is 19.1. The van der Waals surface area contributed by atoms with Gasteiger partial charge in [0.05, 0.1) is 6.54 Å². The molecular weight excluding hydrogens is 358 g/mol. The second-order valence-corrected chi connectivity index (χ2v) is 7.84. The van der Waals surface area contributed by atoms with Crippen LogP contribution in [0.3, 0.4) is 0 Å². The molecule has 1 N–H and O–H groups in total. The monoisotopic (exact) mass is 386 g/mol. The van der Waals surface area contributed by atoms with Crippen LogP contribution in [0, 0.1) is 11.6 Å². The van der Waals surface area contributed by atoms with Crippen LogP contribution in [-0.2, 0) is 11.3 Å². The molecule has 1 unspecified atom stereocenters. The zero-order valence-electron chi connectivity index (χ0n) is 16.6. The first kappa shape index (κ1) is 20.5. The summed E-state index contributed by atoms with van der Waals surface area (Å²) in [5.74, 6) is -0.336. The van der Waals surface area contributed by atoms with Gasteiger partial charge in [0.2, 0.25) is 5.91 Å². The van der Waals surface area contributed by atoms with E-state index < -0.39 is 11.6 Å². The Balaban J connectivity index is 1.55. The van der Waals surface area contributed by atoms with Gasteiger partial charge in [-0.3, -0.25) is 4.79 Å². The normalized spacial score (nSPS) is 17.2. The number of hydrogen-bond donors (Lipinski definition) is 1. The van der Waals surface area contributed by atoms with Gasteiger partial charge in [-0.2, -0.15) is 0 Å². The highest BCUT2D eigenvalue weighted by Crippen LogP contribution is 2.29. The van der Waals surface area contributed by atoms with Crippen LogP contribution in [0.25, 0.3) is 0 Å². The van der Waals surface area contributed by atoms with Crippen molar-refractivity contribution in [3.8, 4) is 0 Å². The molecule has 3 rings (SSSR count). The fourth-order valence-electron chi connectivity index (χ4n) is 3.73. The molecule has 1 aliphatic rings. The van der Waals surface area contributed by atoms with Crippen molar-refractivity contribution in [3.05, 3.63) is 70.8 Å². The lowest BCUT2D eigenvalue weighted by Crippen LogP contribution is -2.43. The molecule has 2 aromatic rings. The van der Waals surface area contributed by atoms with E-state index >= 15 is 0 Å². The summed E-state index contributed by atoms with van der Waals surface area (Å²) >= 11 is 0. The molecule has 2 aromatic carbocycles. The Morgan fingerprint density at radius 1 is 1.21 bits per heavy atom. The number of benzene rings is 2. The van der Waals surface area contributed by atoms with E-state index in [2.05, 4.69) is 43.4 Å². The van der Waals surface area contributed by atoms with Crippen molar-refractivity contribution >= 4 is 5.91 Å². The zero-order valence-corrected chi connectivity index (χ0v) is 16.6. The van der Waals surface area contributed by atoms with Gasteiger partial charge in [-0.1, -0.05) is 44.2 Å². The molecule has 1 aliphatic heterocycles. The second-order valence-electron chi connectivity index (χ2n) is 7.84. The van der Waals surface area contributed by atoms with E-state index in [0.717, 1.165) is 25.5 Å². The molecule has 0 aliphatic carbocycles. The number of rotatable bonds is 6. The minimum atomic E-state index is -0.599. The number of piperidine rings is 1.